The van der Waals surface area contributed by atoms with Crippen molar-refractivity contribution in [3.8, 4) is 16.9 Å². The zero-order valence-electron chi connectivity index (χ0n) is 14.6. The SMILES string of the molecule is O=C(CSc1nnnn1-c1ccccc1)Nc1nc(-c2ccc(F)c(F)c2)cs1. The quantitative estimate of drug-likeness (QED) is 0.469. The molecule has 2 aromatic heterocycles. The Morgan fingerprint density at radius 3 is 2.76 bits per heavy atom. The van der Waals surface area contributed by atoms with Gasteiger partial charge < -0.3 is 5.32 Å². The van der Waals surface area contributed by atoms with E-state index in [1.807, 2.05) is 30.3 Å². The Hall–Kier alpha value is -3.18. The van der Waals surface area contributed by atoms with Gasteiger partial charge in [-0.25, -0.2) is 13.8 Å². The molecule has 7 nitrogen and oxygen atoms in total. The zero-order valence-corrected chi connectivity index (χ0v) is 16.3. The molecule has 0 aliphatic rings. The molecule has 1 N–H and O–H groups in total. The molecule has 0 spiro atoms. The van der Waals surface area contributed by atoms with Crippen LogP contribution in [0.2, 0.25) is 0 Å². The molecule has 0 saturated carbocycles. The number of nitrogens with one attached hydrogen (secondary N) is 1. The summed E-state index contributed by atoms with van der Waals surface area (Å²) in [6.45, 7) is 0. The molecule has 0 aliphatic heterocycles. The monoisotopic (exact) mass is 430 g/mol. The van der Waals surface area contributed by atoms with Crippen LogP contribution in [0.4, 0.5) is 13.9 Å². The maximum Gasteiger partial charge on any atom is 0.236 e. The number of thiazole rings is 1. The van der Waals surface area contributed by atoms with Crippen molar-refractivity contribution in [3.05, 3.63) is 65.5 Å². The summed E-state index contributed by atoms with van der Waals surface area (Å²) in [5.74, 6) is -2.09. The first-order valence-electron chi connectivity index (χ1n) is 8.27. The van der Waals surface area contributed by atoms with Gasteiger partial charge in [0.15, 0.2) is 16.8 Å². The molecule has 2 heterocycles. The molecule has 29 heavy (non-hydrogen) atoms. The highest BCUT2D eigenvalue weighted by molar-refractivity contribution is 7.99. The molecule has 2 aromatic carbocycles. The Bertz CT molecular complexity index is 1150. The summed E-state index contributed by atoms with van der Waals surface area (Å²) in [4.78, 5) is 16.5. The predicted molar refractivity (Wildman–Crippen MR) is 106 cm³/mol. The summed E-state index contributed by atoms with van der Waals surface area (Å²) in [5.41, 5.74) is 1.67. The minimum absolute atomic E-state index is 0.0767. The van der Waals surface area contributed by atoms with Gasteiger partial charge in [0.2, 0.25) is 11.1 Å². The first kappa shape index (κ1) is 19.2. The molecule has 0 radical (unpaired) electrons. The normalized spacial score (nSPS) is 10.8. The fourth-order valence-corrected chi connectivity index (χ4v) is 3.83. The van der Waals surface area contributed by atoms with E-state index < -0.39 is 11.6 Å². The second kappa shape index (κ2) is 8.45. The fourth-order valence-electron chi connectivity index (χ4n) is 2.40. The van der Waals surface area contributed by atoms with E-state index in [1.165, 1.54) is 29.2 Å². The molecule has 4 aromatic rings. The minimum Gasteiger partial charge on any atom is -0.301 e. The number of nitrogens with zero attached hydrogens (tertiary/aromatic N) is 5. The second-order valence-electron chi connectivity index (χ2n) is 5.71. The van der Waals surface area contributed by atoms with E-state index in [1.54, 1.807) is 10.1 Å². The van der Waals surface area contributed by atoms with Crippen LogP contribution in [0.5, 0.6) is 0 Å². The number of hydrogen-bond donors (Lipinski definition) is 1. The number of para-hydroxylation sites is 1. The van der Waals surface area contributed by atoms with E-state index in [0.29, 0.717) is 21.5 Å². The van der Waals surface area contributed by atoms with Crippen molar-refractivity contribution >= 4 is 34.1 Å². The fraction of sp³-hybridized carbons (Fsp3) is 0.0556. The van der Waals surface area contributed by atoms with Crippen LogP contribution < -0.4 is 5.32 Å². The van der Waals surface area contributed by atoms with E-state index in [-0.39, 0.29) is 11.7 Å². The number of hydrogen-bond acceptors (Lipinski definition) is 7. The van der Waals surface area contributed by atoms with Crippen LogP contribution in [-0.2, 0) is 4.79 Å². The van der Waals surface area contributed by atoms with E-state index in [9.17, 15) is 13.6 Å². The molecule has 146 valence electrons. The van der Waals surface area contributed by atoms with Gasteiger partial charge in [-0.3, -0.25) is 4.79 Å². The summed E-state index contributed by atoms with van der Waals surface area (Å²) >= 11 is 2.38. The van der Waals surface area contributed by atoms with Crippen molar-refractivity contribution in [1.29, 1.82) is 0 Å². The van der Waals surface area contributed by atoms with Crippen LogP contribution >= 0.6 is 23.1 Å². The summed E-state index contributed by atoms with van der Waals surface area (Å²) in [6.07, 6.45) is 0. The van der Waals surface area contributed by atoms with Gasteiger partial charge in [0.05, 0.1) is 17.1 Å². The van der Waals surface area contributed by atoms with Gasteiger partial charge in [0, 0.05) is 10.9 Å². The first-order chi connectivity index (χ1) is 14.1. The lowest BCUT2D eigenvalue weighted by Crippen LogP contribution is -2.14. The number of thioether (sulfide) groups is 1. The number of rotatable bonds is 6. The van der Waals surface area contributed by atoms with Gasteiger partial charge in [-0.1, -0.05) is 30.0 Å². The number of carbonyl (C=O) groups excluding carboxylic acids is 1. The number of halogens is 2. The second-order valence-corrected chi connectivity index (χ2v) is 7.51. The highest BCUT2D eigenvalue weighted by Gasteiger charge is 2.13. The summed E-state index contributed by atoms with van der Waals surface area (Å²) in [7, 11) is 0. The lowest BCUT2D eigenvalue weighted by Gasteiger charge is -2.04. The van der Waals surface area contributed by atoms with Crippen molar-refractivity contribution in [1.82, 2.24) is 25.2 Å². The van der Waals surface area contributed by atoms with Crippen LogP contribution in [0.1, 0.15) is 0 Å². The first-order valence-corrected chi connectivity index (χ1v) is 10.1. The van der Waals surface area contributed by atoms with Gasteiger partial charge in [-0.05, 0) is 40.8 Å². The van der Waals surface area contributed by atoms with Crippen molar-refractivity contribution < 1.29 is 13.6 Å². The van der Waals surface area contributed by atoms with Crippen LogP contribution in [0.3, 0.4) is 0 Å². The van der Waals surface area contributed by atoms with E-state index in [2.05, 4.69) is 25.8 Å². The maximum atomic E-state index is 13.4. The highest BCUT2D eigenvalue weighted by Crippen LogP contribution is 2.26. The summed E-state index contributed by atoms with van der Waals surface area (Å²) < 4.78 is 28.0. The Morgan fingerprint density at radius 2 is 1.97 bits per heavy atom. The Labute approximate surface area is 171 Å². The average Bonchev–Trinajstić information content (AvgIpc) is 3.39. The molecule has 0 saturated heterocycles. The molecular weight excluding hydrogens is 418 g/mol. The number of benzene rings is 2. The van der Waals surface area contributed by atoms with Crippen molar-refractivity contribution in [2.75, 3.05) is 11.1 Å². The minimum atomic E-state index is -0.950. The molecule has 4 rings (SSSR count). The van der Waals surface area contributed by atoms with Crippen molar-refractivity contribution in [2.24, 2.45) is 0 Å². The van der Waals surface area contributed by atoms with Crippen molar-refractivity contribution in [2.45, 2.75) is 5.16 Å². The summed E-state index contributed by atoms with van der Waals surface area (Å²) in [5, 5.41) is 16.7. The topological polar surface area (TPSA) is 85.6 Å². The van der Waals surface area contributed by atoms with E-state index >= 15 is 0 Å². The highest BCUT2D eigenvalue weighted by atomic mass is 32.2. The largest absolute Gasteiger partial charge is 0.301 e. The smallest absolute Gasteiger partial charge is 0.236 e. The third-order valence-corrected chi connectivity index (χ3v) is 5.42. The number of carbonyl (C=O) groups is 1. The average molecular weight is 430 g/mol. The van der Waals surface area contributed by atoms with Gasteiger partial charge in [-0.2, -0.15) is 4.68 Å². The van der Waals surface area contributed by atoms with Gasteiger partial charge in [-0.15, -0.1) is 16.4 Å². The Morgan fingerprint density at radius 1 is 1.14 bits per heavy atom. The number of tetrazole rings is 1. The number of anilines is 1. The van der Waals surface area contributed by atoms with E-state index in [0.717, 1.165) is 17.8 Å². The number of amides is 1. The Kier molecular flexibility index (Phi) is 5.58. The van der Waals surface area contributed by atoms with Gasteiger partial charge >= 0.3 is 0 Å². The third-order valence-electron chi connectivity index (χ3n) is 3.74. The van der Waals surface area contributed by atoms with Crippen LogP contribution in [0.15, 0.2) is 59.1 Å². The number of aromatic nitrogens is 5. The molecular formula is C18H12F2N6OS2. The van der Waals surface area contributed by atoms with Crippen molar-refractivity contribution in [3.63, 3.8) is 0 Å². The van der Waals surface area contributed by atoms with Gasteiger partial charge in [0.25, 0.3) is 0 Å². The zero-order chi connectivity index (χ0) is 20.2. The molecule has 0 fully saturated rings. The standard InChI is InChI=1S/C18H12F2N6OS2/c19-13-7-6-11(8-14(13)20)15-9-28-17(21-15)22-16(27)10-29-18-23-24-25-26(18)12-4-2-1-3-5-12/h1-9H,10H2,(H,21,22,27). The maximum absolute atomic E-state index is 13.4. The molecule has 11 heteroatoms. The Balaban J connectivity index is 1.38. The predicted octanol–water partition coefficient (Wildman–Crippen LogP) is 3.79. The molecule has 0 aliphatic carbocycles. The van der Waals surface area contributed by atoms with Crippen LogP contribution in [0, 0.1) is 11.6 Å². The van der Waals surface area contributed by atoms with Gasteiger partial charge in [0.1, 0.15) is 0 Å². The van der Waals surface area contributed by atoms with Crippen LogP contribution in [0.25, 0.3) is 16.9 Å². The third kappa shape index (κ3) is 4.46. The molecule has 0 atom stereocenters. The lowest BCUT2D eigenvalue weighted by molar-refractivity contribution is -0.113. The van der Waals surface area contributed by atoms with E-state index in [4.69, 9.17) is 0 Å². The summed E-state index contributed by atoms with van der Waals surface area (Å²) in [6, 6.07) is 12.9. The lowest BCUT2D eigenvalue weighted by atomic mass is 10.2. The molecule has 1 amide bonds. The molecule has 0 unspecified atom stereocenters. The molecule has 0 bridgehead atoms. The van der Waals surface area contributed by atoms with Crippen LogP contribution in [-0.4, -0.2) is 36.9 Å².